The topological polar surface area (TPSA) is 45.3 Å². The normalized spacial score (nSPS) is 16.0. The van der Waals surface area contributed by atoms with Crippen molar-refractivity contribution in [3.63, 3.8) is 0 Å². The summed E-state index contributed by atoms with van der Waals surface area (Å²) in [5.74, 6) is 0. The highest BCUT2D eigenvalue weighted by Crippen LogP contribution is 2.28. The van der Waals surface area contributed by atoms with E-state index < -0.39 is 0 Å². The SMILES string of the molecule is O=c1[nH]c(-c2ccc3ccccc3c2)c(CN2CCOCC2)s1. The van der Waals surface area contributed by atoms with Crippen LogP contribution in [-0.4, -0.2) is 36.2 Å². The van der Waals surface area contributed by atoms with Crippen molar-refractivity contribution < 1.29 is 4.74 Å². The molecule has 1 aliphatic heterocycles. The molecule has 1 aromatic heterocycles. The Labute approximate surface area is 138 Å². The first-order chi connectivity index (χ1) is 11.3. The van der Waals surface area contributed by atoms with Gasteiger partial charge in [0.1, 0.15) is 0 Å². The van der Waals surface area contributed by atoms with Gasteiger partial charge in [-0.1, -0.05) is 47.7 Å². The minimum absolute atomic E-state index is 0.0106. The van der Waals surface area contributed by atoms with Crippen LogP contribution in [0.1, 0.15) is 4.88 Å². The summed E-state index contributed by atoms with van der Waals surface area (Å²) in [5.41, 5.74) is 2.03. The molecular formula is C18H18N2O2S. The second kappa shape index (κ2) is 6.28. The largest absolute Gasteiger partial charge is 0.379 e. The van der Waals surface area contributed by atoms with Crippen LogP contribution >= 0.6 is 11.3 Å². The maximum atomic E-state index is 11.9. The minimum atomic E-state index is 0.0106. The highest BCUT2D eigenvalue weighted by atomic mass is 32.1. The summed E-state index contributed by atoms with van der Waals surface area (Å²) < 4.78 is 5.40. The molecule has 4 rings (SSSR count). The summed E-state index contributed by atoms with van der Waals surface area (Å²) in [6, 6.07) is 14.6. The predicted octanol–water partition coefficient (Wildman–Crippen LogP) is 3.09. The van der Waals surface area contributed by atoms with Crippen LogP contribution in [0.3, 0.4) is 0 Å². The van der Waals surface area contributed by atoms with Gasteiger partial charge < -0.3 is 9.72 Å². The second-order valence-electron chi connectivity index (χ2n) is 5.76. The number of ether oxygens (including phenoxy) is 1. The van der Waals surface area contributed by atoms with Gasteiger partial charge in [-0.15, -0.1) is 0 Å². The van der Waals surface area contributed by atoms with Crippen LogP contribution in [0.4, 0.5) is 0 Å². The molecule has 0 saturated carbocycles. The van der Waals surface area contributed by atoms with Crippen molar-refractivity contribution in [2.45, 2.75) is 6.54 Å². The maximum Gasteiger partial charge on any atom is 0.305 e. The Morgan fingerprint density at radius 1 is 1.09 bits per heavy atom. The van der Waals surface area contributed by atoms with Crippen molar-refractivity contribution in [2.24, 2.45) is 0 Å². The average molecular weight is 326 g/mol. The van der Waals surface area contributed by atoms with Gasteiger partial charge in [0.15, 0.2) is 0 Å². The molecule has 0 bridgehead atoms. The molecule has 1 aliphatic rings. The number of hydrogen-bond donors (Lipinski definition) is 1. The van der Waals surface area contributed by atoms with E-state index in [0.717, 1.165) is 49.0 Å². The van der Waals surface area contributed by atoms with E-state index in [-0.39, 0.29) is 4.87 Å². The molecule has 23 heavy (non-hydrogen) atoms. The number of benzene rings is 2. The van der Waals surface area contributed by atoms with Crippen LogP contribution < -0.4 is 4.87 Å². The summed E-state index contributed by atoms with van der Waals surface area (Å²) in [4.78, 5) is 18.4. The van der Waals surface area contributed by atoms with E-state index in [0.29, 0.717) is 0 Å². The summed E-state index contributed by atoms with van der Waals surface area (Å²) in [6.45, 7) is 4.18. The number of morpholine rings is 1. The van der Waals surface area contributed by atoms with Crippen molar-refractivity contribution in [2.75, 3.05) is 26.3 Å². The molecule has 0 spiro atoms. The van der Waals surface area contributed by atoms with Gasteiger partial charge in [-0.2, -0.15) is 0 Å². The molecule has 0 atom stereocenters. The van der Waals surface area contributed by atoms with Crippen molar-refractivity contribution in [1.29, 1.82) is 0 Å². The summed E-state index contributed by atoms with van der Waals surface area (Å²) >= 11 is 1.31. The van der Waals surface area contributed by atoms with Crippen molar-refractivity contribution in [1.82, 2.24) is 9.88 Å². The molecule has 1 saturated heterocycles. The lowest BCUT2D eigenvalue weighted by atomic mass is 10.0. The van der Waals surface area contributed by atoms with Gasteiger partial charge in [0.05, 0.1) is 18.9 Å². The molecule has 1 fully saturated rings. The van der Waals surface area contributed by atoms with Crippen LogP contribution in [0, 0.1) is 0 Å². The zero-order valence-electron chi connectivity index (χ0n) is 12.7. The van der Waals surface area contributed by atoms with Gasteiger partial charge >= 0.3 is 4.87 Å². The third kappa shape index (κ3) is 3.08. The monoisotopic (exact) mass is 326 g/mol. The van der Waals surface area contributed by atoms with Gasteiger partial charge in [0.2, 0.25) is 0 Å². The van der Waals surface area contributed by atoms with Crippen molar-refractivity contribution in [3.05, 3.63) is 57.0 Å². The van der Waals surface area contributed by atoms with Gasteiger partial charge in [-0.25, -0.2) is 0 Å². The summed E-state index contributed by atoms with van der Waals surface area (Å²) in [5, 5.41) is 2.40. The first-order valence-corrected chi connectivity index (χ1v) is 8.62. The lowest BCUT2D eigenvalue weighted by Crippen LogP contribution is -2.35. The zero-order chi connectivity index (χ0) is 15.6. The lowest BCUT2D eigenvalue weighted by Gasteiger charge is -2.26. The summed E-state index contributed by atoms with van der Waals surface area (Å²) in [6.07, 6.45) is 0. The Kier molecular flexibility index (Phi) is 3.99. The lowest BCUT2D eigenvalue weighted by molar-refractivity contribution is 0.0347. The number of aromatic nitrogens is 1. The number of fused-ring (bicyclic) bond motifs is 1. The van der Waals surface area contributed by atoms with E-state index in [1.165, 1.54) is 22.1 Å². The van der Waals surface area contributed by atoms with Gasteiger partial charge in [-0.3, -0.25) is 9.69 Å². The summed E-state index contributed by atoms with van der Waals surface area (Å²) in [7, 11) is 0. The number of thiazole rings is 1. The molecule has 0 unspecified atom stereocenters. The average Bonchev–Trinajstić information content (AvgIpc) is 2.96. The Balaban J connectivity index is 1.70. The van der Waals surface area contributed by atoms with Crippen LogP contribution in [-0.2, 0) is 11.3 Å². The standard InChI is InChI=1S/C18H18N2O2S/c21-18-19-17(16(23-18)12-20-7-9-22-10-8-20)15-6-5-13-3-1-2-4-14(13)11-15/h1-6,11H,7-10,12H2,(H,19,21). The molecule has 118 valence electrons. The van der Waals surface area contributed by atoms with E-state index in [1.807, 2.05) is 12.1 Å². The molecule has 3 aromatic rings. The van der Waals surface area contributed by atoms with Crippen molar-refractivity contribution in [3.8, 4) is 11.3 Å². The molecule has 4 nitrogen and oxygen atoms in total. The molecule has 5 heteroatoms. The molecule has 0 radical (unpaired) electrons. The Morgan fingerprint density at radius 2 is 1.87 bits per heavy atom. The fraction of sp³-hybridized carbons (Fsp3) is 0.278. The van der Waals surface area contributed by atoms with Gasteiger partial charge in [0, 0.05) is 24.5 Å². The Hall–Kier alpha value is -1.95. The zero-order valence-corrected chi connectivity index (χ0v) is 13.6. The molecule has 1 N–H and O–H groups in total. The van der Waals surface area contributed by atoms with Crippen LogP contribution in [0.2, 0.25) is 0 Å². The highest BCUT2D eigenvalue weighted by molar-refractivity contribution is 7.09. The van der Waals surface area contributed by atoms with E-state index in [2.05, 4.69) is 40.2 Å². The number of nitrogens with one attached hydrogen (secondary N) is 1. The first kappa shape index (κ1) is 14.6. The van der Waals surface area contributed by atoms with Crippen molar-refractivity contribution >= 4 is 22.1 Å². The Morgan fingerprint density at radius 3 is 2.70 bits per heavy atom. The van der Waals surface area contributed by atoms with Gasteiger partial charge in [-0.05, 0) is 22.4 Å². The third-order valence-electron chi connectivity index (χ3n) is 4.23. The molecular weight excluding hydrogens is 308 g/mol. The molecule has 0 aliphatic carbocycles. The van der Waals surface area contributed by atoms with E-state index in [9.17, 15) is 4.79 Å². The molecule has 2 heterocycles. The fourth-order valence-electron chi connectivity index (χ4n) is 3.01. The smallest absolute Gasteiger partial charge is 0.305 e. The van der Waals surface area contributed by atoms with Crippen LogP contribution in [0.25, 0.3) is 22.0 Å². The fourth-order valence-corrected chi connectivity index (χ4v) is 3.91. The minimum Gasteiger partial charge on any atom is -0.379 e. The second-order valence-corrected chi connectivity index (χ2v) is 6.83. The van der Waals surface area contributed by atoms with Gasteiger partial charge in [0.25, 0.3) is 0 Å². The van der Waals surface area contributed by atoms with Crippen LogP contribution in [0.5, 0.6) is 0 Å². The number of hydrogen-bond acceptors (Lipinski definition) is 4. The number of nitrogens with zero attached hydrogens (tertiary/aromatic N) is 1. The third-order valence-corrected chi connectivity index (χ3v) is 5.10. The maximum absolute atomic E-state index is 11.9. The first-order valence-electron chi connectivity index (χ1n) is 7.81. The highest BCUT2D eigenvalue weighted by Gasteiger charge is 2.16. The van der Waals surface area contributed by atoms with E-state index in [4.69, 9.17) is 4.74 Å². The van der Waals surface area contributed by atoms with E-state index >= 15 is 0 Å². The van der Waals surface area contributed by atoms with Crippen LogP contribution in [0.15, 0.2) is 47.3 Å². The van der Waals surface area contributed by atoms with E-state index in [1.54, 1.807) is 0 Å². The quantitative estimate of drug-likeness (QED) is 0.804. The molecule has 2 aromatic carbocycles. The Bertz CT molecular complexity index is 878. The molecule has 0 amide bonds. The number of aromatic amines is 1. The number of rotatable bonds is 3. The number of H-pyrrole nitrogens is 1. The predicted molar refractivity (Wildman–Crippen MR) is 94.0 cm³/mol.